The summed E-state index contributed by atoms with van der Waals surface area (Å²) in [5.74, 6) is 0.932. The van der Waals surface area contributed by atoms with Crippen molar-refractivity contribution in [3.8, 4) is 5.75 Å². The molecule has 1 heterocycles. The molecule has 1 unspecified atom stereocenters. The Balaban J connectivity index is 0.00000256. The van der Waals surface area contributed by atoms with E-state index in [0.29, 0.717) is 6.04 Å². The predicted octanol–water partition coefficient (Wildman–Crippen LogP) is 5.74. The van der Waals surface area contributed by atoms with E-state index in [-0.39, 0.29) is 12.4 Å². The minimum atomic E-state index is 0. The number of ether oxygens (including phenoxy) is 1. The number of hydrogen-bond donors (Lipinski definition) is 0. The number of benzene rings is 2. The smallest absolute Gasteiger partial charge is 0.118 e. The van der Waals surface area contributed by atoms with E-state index >= 15 is 0 Å². The van der Waals surface area contributed by atoms with Crippen molar-refractivity contribution in [1.82, 2.24) is 9.80 Å². The maximum absolute atomic E-state index is 5.34. The summed E-state index contributed by atoms with van der Waals surface area (Å²) in [6.07, 6.45) is 9.60. The van der Waals surface area contributed by atoms with Gasteiger partial charge in [-0.25, -0.2) is 0 Å². The zero-order chi connectivity index (χ0) is 19.9. The molecule has 2 aromatic rings. The van der Waals surface area contributed by atoms with Crippen LogP contribution in [0, 0.1) is 0 Å². The Kier molecular flexibility index (Phi) is 9.05. The van der Waals surface area contributed by atoms with Crippen molar-refractivity contribution in [1.29, 1.82) is 0 Å². The Morgan fingerprint density at radius 1 is 0.833 bits per heavy atom. The normalized spacial score (nSPS) is 20.2. The molecule has 1 aliphatic heterocycles. The molecule has 1 saturated heterocycles. The summed E-state index contributed by atoms with van der Waals surface area (Å²) >= 11 is 0. The van der Waals surface area contributed by atoms with Crippen LogP contribution < -0.4 is 4.74 Å². The molecule has 1 atom stereocenters. The van der Waals surface area contributed by atoms with E-state index in [1.54, 1.807) is 7.11 Å². The number of piperazine rings is 1. The third-order valence-corrected chi connectivity index (χ3v) is 6.90. The van der Waals surface area contributed by atoms with Crippen molar-refractivity contribution >= 4 is 12.4 Å². The summed E-state index contributed by atoms with van der Waals surface area (Å²) < 4.78 is 5.34. The third-order valence-electron chi connectivity index (χ3n) is 6.90. The fraction of sp³-hybridized carbons (Fsp3) is 0.538. The molecular weight excluding hydrogens is 392 g/mol. The molecule has 0 aromatic heterocycles. The molecule has 0 amide bonds. The van der Waals surface area contributed by atoms with E-state index in [2.05, 4.69) is 64.4 Å². The molecule has 0 bridgehead atoms. The van der Waals surface area contributed by atoms with Gasteiger partial charge in [-0.2, -0.15) is 0 Å². The quantitative estimate of drug-likeness (QED) is 0.545. The van der Waals surface area contributed by atoms with Gasteiger partial charge in [-0.1, -0.05) is 68.1 Å². The molecule has 0 spiro atoms. The SMILES string of the molecule is COc1ccc(CC(c2ccccc2)N2CCN(C3CCCCCC3)CC2)cc1.Cl. The van der Waals surface area contributed by atoms with Crippen molar-refractivity contribution in [2.75, 3.05) is 33.3 Å². The Morgan fingerprint density at radius 2 is 1.47 bits per heavy atom. The highest BCUT2D eigenvalue weighted by atomic mass is 35.5. The minimum absolute atomic E-state index is 0. The second-order valence-electron chi connectivity index (χ2n) is 8.70. The van der Waals surface area contributed by atoms with E-state index in [4.69, 9.17) is 4.74 Å². The predicted molar refractivity (Wildman–Crippen MR) is 128 cm³/mol. The third kappa shape index (κ3) is 6.00. The number of rotatable bonds is 6. The van der Waals surface area contributed by atoms with Gasteiger partial charge in [-0.3, -0.25) is 9.80 Å². The lowest BCUT2D eigenvalue weighted by Gasteiger charge is -2.42. The van der Waals surface area contributed by atoms with Crippen LogP contribution in [0.15, 0.2) is 54.6 Å². The molecule has 2 aromatic carbocycles. The number of methoxy groups -OCH3 is 1. The average Bonchev–Trinajstić information content (AvgIpc) is 3.08. The van der Waals surface area contributed by atoms with Crippen LogP contribution in [0.1, 0.15) is 55.7 Å². The van der Waals surface area contributed by atoms with Crippen molar-refractivity contribution in [2.24, 2.45) is 0 Å². The van der Waals surface area contributed by atoms with Gasteiger partial charge in [0.1, 0.15) is 5.75 Å². The summed E-state index contributed by atoms with van der Waals surface area (Å²) in [5.41, 5.74) is 2.82. The van der Waals surface area contributed by atoms with Gasteiger partial charge in [0.25, 0.3) is 0 Å². The molecule has 2 aliphatic rings. The van der Waals surface area contributed by atoms with E-state index in [1.807, 2.05) is 0 Å². The highest BCUT2D eigenvalue weighted by Gasteiger charge is 2.28. The Hall–Kier alpha value is -1.55. The maximum atomic E-state index is 5.34. The van der Waals surface area contributed by atoms with Gasteiger partial charge in [-0.15, -0.1) is 12.4 Å². The van der Waals surface area contributed by atoms with Gasteiger partial charge in [0, 0.05) is 38.3 Å². The van der Waals surface area contributed by atoms with Crippen molar-refractivity contribution in [2.45, 2.75) is 57.0 Å². The fourth-order valence-corrected chi connectivity index (χ4v) is 5.16. The maximum Gasteiger partial charge on any atom is 0.118 e. The molecule has 3 nitrogen and oxygen atoms in total. The second-order valence-corrected chi connectivity index (χ2v) is 8.70. The topological polar surface area (TPSA) is 15.7 Å². The first-order valence-corrected chi connectivity index (χ1v) is 11.5. The van der Waals surface area contributed by atoms with E-state index < -0.39 is 0 Å². The molecule has 1 saturated carbocycles. The van der Waals surface area contributed by atoms with Crippen molar-refractivity contribution in [3.63, 3.8) is 0 Å². The van der Waals surface area contributed by atoms with Crippen LogP contribution in [0.2, 0.25) is 0 Å². The van der Waals surface area contributed by atoms with Gasteiger partial charge < -0.3 is 4.74 Å². The summed E-state index contributed by atoms with van der Waals surface area (Å²) in [6, 6.07) is 21.0. The van der Waals surface area contributed by atoms with Crippen LogP contribution in [0.4, 0.5) is 0 Å². The van der Waals surface area contributed by atoms with Crippen LogP contribution in [0.3, 0.4) is 0 Å². The number of halogens is 1. The second kappa shape index (κ2) is 11.7. The largest absolute Gasteiger partial charge is 0.497 e. The van der Waals surface area contributed by atoms with Gasteiger partial charge in [0.2, 0.25) is 0 Å². The standard InChI is InChI=1S/C26H36N2O.ClH/c1-29-25-15-13-22(14-16-25)21-26(23-9-5-4-6-10-23)28-19-17-27(18-20-28)24-11-7-2-3-8-12-24;/h4-6,9-10,13-16,24,26H,2-3,7-8,11-12,17-21H2,1H3;1H. The van der Waals surface area contributed by atoms with Crippen molar-refractivity contribution in [3.05, 3.63) is 65.7 Å². The van der Waals surface area contributed by atoms with E-state index in [1.165, 1.54) is 75.8 Å². The molecule has 1 aliphatic carbocycles. The van der Waals surface area contributed by atoms with Gasteiger partial charge in [-0.05, 0) is 42.5 Å². The Morgan fingerprint density at radius 3 is 2.07 bits per heavy atom. The Labute approximate surface area is 188 Å². The molecule has 30 heavy (non-hydrogen) atoms. The lowest BCUT2D eigenvalue weighted by Crippen LogP contribution is -2.51. The molecule has 2 fully saturated rings. The van der Waals surface area contributed by atoms with E-state index in [0.717, 1.165) is 18.2 Å². The van der Waals surface area contributed by atoms with Gasteiger partial charge >= 0.3 is 0 Å². The first kappa shape index (κ1) is 23.1. The molecule has 4 heteroatoms. The van der Waals surface area contributed by atoms with Crippen LogP contribution in [0.5, 0.6) is 5.75 Å². The molecule has 0 N–H and O–H groups in total. The molecule has 0 radical (unpaired) electrons. The molecular formula is C26H37ClN2O. The average molecular weight is 429 g/mol. The van der Waals surface area contributed by atoms with Crippen LogP contribution >= 0.6 is 12.4 Å². The monoisotopic (exact) mass is 428 g/mol. The molecule has 4 rings (SSSR count). The zero-order valence-electron chi connectivity index (χ0n) is 18.3. The number of nitrogens with zero attached hydrogens (tertiary/aromatic N) is 2. The summed E-state index contributed by atoms with van der Waals surface area (Å²) in [4.78, 5) is 5.50. The summed E-state index contributed by atoms with van der Waals surface area (Å²) in [6.45, 7) is 4.78. The highest BCUT2D eigenvalue weighted by molar-refractivity contribution is 5.85. The van der Waals surface area contributed by atoms with Crippen LogP contribution in [-0.2, 0) is 6.42 Å². The highest BCUT2D eigenvalue weighted by Crippen LogP contribution is 2.29. The first-order chi connectivity index (χ1) is 14.3. The van der Waals surface area contributed by atoms with Crippen LogP contribution in [-0.4, -0.2) is 49.1 Å². The Bertz CT molecular complexity index is 720. The lowest BCUT2D eigenvalue weighted by molar-refractivity contribution is 0.0633. The van der Waals surface area contributed by atoms with Gasteiger partial charge in [0.05, 0.1) is 7.11 Å². The fourth-order valence-electron chi connectivity index (χ4n) is 5.16. The lowest BCUT2D eigenvalue weighted by atomic mass is 9.96. The summed E-state index contributed by atoms with van der Waals surface area (Å²) in [7, 11) is 1.73. The van der Waals surface area contributed by atoms with Gasteiger partial charge in [0.15, 0.2) is 0 Å². The minimum Gasteiger partial charge on any atom is -0.497 e. The molecule has 164 valence electrons. The first-order valence-electron chi connectivity index (χ1n) is 11.5. The van der Waals surface area contributed by atoms with Crippen molar-refractivity contribution < 1.29 is 4.74 Å². The summed E-state index contributed by atoms with van der Waals surface area (Å²) in [5, 5.41) is 0. The number of hydrogen-bond acceptors (Lipinski definition) is 3. The van der Waals surface area contributed by atoms with Crippen LogP contribution in [0.25, 0.3) is 0 Å². The zero-order valence-corrected chi connectivity index (χ0v) is 19.2. The van der Waals surface area contributed by atoms with E-state index in [9.17, 15) is 0 Å².